The molecule has 4 nitrogen and oxygen atoms in total. The third kappa shape index (κ3) is 9.90. The highest BCUT2D eigenvalue weighted by molar-refractivity contribution is 7.85. The van der Waals surface area contributed by atoms with E-state index in [4.69, 9.17) is 4.55 Å². The van der Waals surface area contributed by atoms with E-state index < -0.39 is 10.1 Å². The molecule has 0 atom stereocenters. The third-order valence-corrected chi connectivity index (χ3v) is 2.83. The molecule has 0 aromatic rings. The van der Waals surface area contributed by atoms with Gasteiger partial charge in [-0.05, 0) is 13.0 Å². The zero-order valence-electron chi connectivity index (χ0n) is 9.35. The van der Waals surface area contributed by atoms with Gasteiger partial charge in [-0.15, -0.1) is 6.58 Å². The van der Waals surface area contributed by atoms with Crippen molar-refractivity contribution >= 4 is 10.1 Å². The molecule has 0 saturated heterocycles. The lowest BCUT2D eigenvalue weighted by atomic mass is 10.2. The van der Waals surface area contributed by atoms with Crippen molar-refractivity contribution in [1.82, 2.24) is 4.90 Å². The average molecular weight is 235 g/mol. The van der Waals surface area contributed by atoms with Gasteiger partial charge in [0.1, 0.15) is 0 Å². The molecular formula is C10H21NO3S. The van der Waals surface area contributed by atoms with Gasteiger partial charge in [0, 0.05) is 13.1 Å². The summed E-state index contributed by atoms with van der Waals surface area (Å²) in [5, 5.41) is 0. The van der Waals surface area contributed by atoms with Gasteiger partial charge in [-0.3, -0.25) is 9.45 Å². The lowest BCUT2D eigenvalue weighted by Crippen LogP contribution is -2.30. The molecule has 0 saturated carbocycles. The summed E-state index contributed by atoms with van der Waals surface area (Å²) in [6.45, 7) is 7.63. The average Bonchev–Trinajstić information content (AvgIpc) is 2.13. The highest BCUT2D eigenvalue weighted by atomic mass is 32.2. The second-order valence-corrected chi connectivity index (χ2v) is 5.15. The highest BCUT2D eigenvalue weighted by Crippen LogP contribution is 1.99. The molecule has 0 rings (SSSR count). The normalized spacial score (nSPS) is 11.9. The number of hydrogen-bond acceptors (Lipinski definition) is 3. The Bertz CT molecular complexity index is 262. The molecular weight excluding hydrogens is 214 g/mol. The van der Waals surface area contributed by atoms with Gasteiger partial charge in [0.25, 0.3) is 10.1 Å². The molecule has 0 aromatic carbocycles. The largest absolute Gasteiger partial charge is 0.299 e. The lowest BCUT2D eigenvalue weighted by Gasteiger charge is -2.19. The zero-order valence-corrected chi connectivity index (χ0v) is 10.2. The number of unbranched alkanes of at least 4 members (excludes halogenated alkanes) is 2. The molecule has 0 bridgehead atoms. The second-order valence-electron chi connectivity index (χ2n) is 3.58. The summed E-state index contributed by atoms with van der Waals surface area (Å²) >= 11 is 0. The van der Waals surface area contributed by atoms with Crippen molar-refractivity contribution in [2.24, 2.45) is 0 Å². The smallest absolute Gasteiger partial charge is 0.266 e. The van der Waals surface area contributed by atoms with E-state index in [1.807, 2.05) is 4.90 Å². The summed E-state index contributed by atoms with van der Waals surface area (Å²) in [5.41, 5.74) is 0. The molecule has 0 aliphatic carbocycles. The summed E-state index contributed by atoms with van der Waals surface area (Å²) in [6.07, 6.45) is 5.07. The van der Waals surface area contributed by atoms with Gasteiger partial charge in [0.15, 0.2) is 0 Å². The molecule has 0 aliphatic rings. The van der Waals surface area contributed by atoms with E-state index in [0.717, 1.165) is 25.8 Å². The van der Waals surface area contributed by atoms with Crippen LogP contribution in [0.15, 0.2) is 12.7 Å². The maximum absolute atomic E-state index is 10.6. The molecule has 0 aromatic heterocycles. The van der Waals surface area contributed by atoms with Crippen LogP contribution in [0.1, 0.15) is 26.2 Å². The van der Waals surface area contributed by atoms with Crippen LogP contribution in [0.5, 0.6) is 0 Å². The highest BCUT2D eigenvalue weighted by Gasteiger charge is 2.08. The van der Waals surface area contributed by atoms with E-state index in [0.29, 0.717) is 13.1 Å². The van der Waals surface area contributed by atoms with Crippen LogP contribution in [-0.2, 0) is 10.1 Å². The maximum Gasteiger partial charge on any atom is 0.266 e. The Kier molecular flexibility index (Phi) is 7.64. The molecule has 0 fully saturated rings. The van der Waals surface area contributed by atoms with Crippen LogP contribution in [0.3, 0.4) is 0 Å². The summed E-state index contributed by atoms with van der Waals surface area (Å²) < 4.78 is 29.8. The fourth-order valence-corrected chi connectivity index (χ4v) is 1.80. The molecule has 0 radical (unpaired) electrons. The molecule has 0 spiro atoms. The standard InChI is InChI=1S/C10H21NO3S/c1-3-5-6-8-11(7-4-2)9-10-15(12,13)14/h4H,2-3,5-10H2,1H3,(H,12,13,14). The fourth-order valence-electron chi connectivity index (χ4n) is 1.31. The molecule has 5 heteroatoms. The Morgan fingerprint density at radius 3 is 2.47 bits per heavy atom. The van der Waals surface area contributed by atoms with Gasteiger partial charge in [-0.25, -0.2) is 0 Å². The van der Waals surface area contributed by atoms with E-state index in [1.165, 1.54) is 0 Å². The van der Waals surface area contributed by atoms with E-state index >= 15 is 0 Å². The van der Waals surface area contributed by atoms with Crippen molar-refractivity contribution in [3.8, 4) is 0 Å². The second kappa shape index (κ2) is 7.84. The topological polar surface area (TPSA) is 57.6 Å². The summed E-state index contributed by atoms with van der Waals surface area (Å²) in [7, 11) is -3.84. The first-order chi connectivity index (χ1) is 6.99. The molecule has 0 heterocycles. The maximum atomic E-state index is 10.6. The van der Waals surface area contributed by atoms with Gasteiger partial charge in [-0.2, -0.15) is 8.42 Å². The van der Waals surface area contributed by atoms with Crippen molar-refractivity contribution in [3.63, 3.8) is 0 Å². The van der Waals surface area contributed by atoms with Gasteiger partial charge in [-0.1, -0.05) is 25.8 Å². The van der Waals surface area contributed by atoms with E-state index in [-0.39, 0.29) is 5.75 Å². The van der Waals surface area contributed by atoms with Gasteiger partial charge in [0.2, 0.25) is 0 Å². The number of hydrogen-bond donors (Lipinski definition) is 1. The zero-order chi connectivity index (χ0) is 11.7. The van der Waals surface area contributed by atoms with Gasteiger partial charge < -0.3 is 0 Å². The fraction of sp³-hybridized carbons (Fsp3) is 0.800. The van der Waals surface area contributed by atoms with Crippen LogP contribution in [-0.4, -0.2) is 43.3 Å². The Balaban J connectivity index is 3.87. The summed E-state index contributed by atoms with van der Waals surface area (Å²) in [4.78, 5) is 1.98. The van der Waals surface area contributed by atoms with Crippen LogP contribution in [0, 0.1) is 0 Å². The Morgan fingerprint density at radius 2 is 2.00 bits per heavy atom. The van der Waals surface area contributed by atoms with Crippen molar-refractivity contribution < 1.29 is 13.0 Å². The van der Waals surface area contributed by atoms with Crippen LogP contribution in [0.2, 0.25) is 0 Å². The quantitative estimate of drug-likeness (QED) is 0.374. The first-order valence-electron chi connectivity index (χ1n) is 5.28. The first kappa shape index (κ1) is 14.6. The van der Waals surface area contributed by atoms with Crippen LogP contribution in [0.4, 0.5) is 0 Å². The number of rotatable bonds is 9. The van der Waals surface area contributed by atoms with E-state index in [1.54, 1.807) is 6.08 Å². The lowest BCUT2D eigenvalue weighted by molar-refractivity contribution is 0.309. The molecule has 0 aliphatic heterocycles. The van der Waals surface area contributed by atoms with Crippen molar-refractivity contribution in [1.29, 1.82) is 0 Å². The molecule has 0 unspecified atom stereocenters. The predicted molar refractivity (Wildman–Crippen MR) is 62.6 cm³/mol. The minimum absolute atomic E-state index is 0.201. The van der Waals surface area contributed by atoms with Crippen LogP contribution >= 0.6 is 0 Å². The van der Waals surface area contributed by atoms with Crippen molar-refractivity contribution in [2.45, 2.75) is 26.2 Å². The summed E-state index contributed by atoms with van der Waals surface area (Å²) in [5.74, 6) is -0.201. The first-order valence-corrected chi connectivity index (χ1v) is 6.89. The Morgan fingerprint density at radius 1 is 1.33 bits per heavy atom. The molecule has 1 N–H and O–H groups in total. The van der Waals surface area contributed by atoms with E-state index in [9.17, 15) is 8.42 Å². The SMILES string of the molecule is C=CCN(CCCCC)CCS(=O)(=O)O. The Labute approximate surface area is 92.7 Å². The third-order valence-electron chi connectivity index (χ3n) is 2.13. The predicted octanol–water partition coefficient (Wildman–Crippen LogP) is 1.55. The minimum atomic E-state index is -3.84. The molecule has 15 heavy (non-hydrogen) atoms. The van der Waals surface area contributed by atoms with Gasteiger partial charge >= 0.3 is 0 Å². The number of nitrogens with zero attached hydrogens (tertiary/aromatic N) is 1. The van der Waals surface area contributed by atoms with Gasteiger partial charge in [0.05, 0.1) is 5.75 Å². The molecule has 90 valence electrons. The van der Waals surface area contributed by atoms with Crippen LogP contribution in [0.25, 0.3) is 0 Å². The summed E-state index contributed by atoms with van der Waals surface area (Å²) in [6, 6.07) is 0. The van der Waals surface area contributed by atoms with Crippen LogP contribution < -0.4 is 0 Å². The van der Waals surface area contributed by atoms with E-state index in [2.05, 4.69) is 13.5 Å². The monoisotopic (exact) mass is 235 g/mol. The molecule has 0 amide bonds. The Hall–Kier alpha value is -0.390. The van der Waals surface area contributed by atoms with Crippen molar-refractivity contribution in [2.75, 3.05) is 25.4 Å². The van der Waals surface area contributed by atoms with Crippen molar-refractivity contribution in [3.05, 3.63) is 12.7 Å². The minimum Gasteiger partial charge on any atom is -0.299 e.